The standard InChI is InChI=1S/C30H29NO4.ClH/c1-19(23-12-7-9-20-8-3-4-10-24(20)23)31-18-22-17-27(25-11-5-6-13-28(25)35-22)26-15-14-21(30(32)33)16-29(26)34-2;/h3-16,19,22,27,31H,17-18H2,1-2H3,(H,32,33);1H/t19-,22-,27-;/m1./s1. The number of fused-ring (bicyclic) bond motifs is 2. The zero-order chi connectivity index (χ0) is 24.4. The fraction of sp³-hybridized carbons (Fsp3) is 0.233. The zero-order valence-corrected chi connectivity index (χ0v) is 21.1. The Hall–Kier alpha value is -3.54. The van der Waals surface area contributed by atoms with E-state index in [0.717, 1.165) is 23.3 Å². The average molecular weight is 504 g/mol. The highest BCUT2D eigenvalue weighted by Crippen LogP contribution is 2.43. The van der Waals surface area contributed by atoms with Crippen molar-refractivity contribution in [3.63, 3.8) is 0 Å². The van der Waals surface area contributed by atoms with E-state index in [1.165, 1.54) is 16.3 Å². The normalized spacial score (nSPS) is 17.4. The molecule has 1 heterocycles. The van der Waals surface area contributed by atoms with E-state index in [9.17, 15) is 9.90 Å². The van der Waals surface area contributed by atoms with E-state index in [-0.39, 0.29) is 36.0 Å². The van der Waals surface area contributed by atoms with Crippen LogP contribution in [0.4, 0.5) is 0 Å². The molecule has 0 unspecified atom stereocenters. The number of carboxylic acid groups (broad SMARTS) is 1. The van der Waals surface area contributed by atoms with Crippen molar-refractivity contribution in [3.05, 3.63) is 107 Å². The molecule has 4 aromatic rings. The third kappa shape index (κ3) is 5.03. The number of nitrogens with one attached hydrogen (secondary N) is 1. The van der Waals surface area contributed by atoms with E-state index < -0.39 is 5.97 Å². The second-order valence-corrected chi connectivity index (χ2v) is 9.03. The molecule has 0 saturated heterocycles. The lowest BCUT2D eigenvalue weighted by Crippen LogP contribution is -2.37. The van der Waals surface area contributed by atoms with Gasteiger partial charge in [-0.15, -0.1) is 12.4 Å². The van der Waals surface area contributed by atoms with Crippen LogP contribution in [-0.2, 0) is 0 Å². The Morgan fingerprint density at radius 1 is 1.03 bits per heavy atom. The maximum absolute atomic E-state index is 11.5. The summed E-state index contributed by atoms with van der Waals surface area (Å²) in [5.41, 5.74) is 3.54. The van der Waals surface area contributed by atoms with Gasteiger partial charge in [0, 0.05) is 29.6 Å². The molecule has 0 bridgehead atoms. The van der Waals surface area contributed by atoms with Crippen molar-refractivity contribution >= 4 is 29.1 Å². The van der Waals surface area contributed by atoms with Gasteiger partial charge in [-0.2, -0.15) is 0 Å². The number of halogens is 1. The van der Waals surface area contributed by atoms with E-state index in [4.69, 9.17) is 9.47 Å². The molecule has 186 valence electrons. The van der Waals surface area contributed by atoms with Gasteiger partial charge in [0.15, 0.2) is 0 Å². The minimum absolute atomic E-state index is 0. The number of benzene rings is 4. The fourth-order valence-electron chi connectivity index (χ4n) is 5.09. The molecule has 0 aromatic heterocycles. The Bertz CT molecular complexity index is 1370. The summed E-state index contributed by atoms with van der Waals surface area (Å²) in [6, 6.07) is 28.2. The largest absolute Gasteiger partial charge is 0.496 e. The molecule has 0 spiro atoms. The number of para-hydroxylation sites is 1. The molecule has 2 N–H and O–H groups in total. The van der Waals surface area contributed by atoms with Gasteiger partial charge in [0.25, 0.3) is 0 Å². The Kier molecular flexibility index (Phi) is 7.82. The first-order valence-corrected chi connectivity index (χ1v) is 11.9. The van der Waals surface area contributed by atoms with Gasteiger partial charge in [0.1, 0.15) is 17.6 Å². The van der Waals surface area contributed by atoms with E-state index >= 15 is 0 Å². The van der Waals surface area contributed by atoms with Crippen molar-refractivity contribution in [1.82, 2.24) is 5.32 Å². The molecule has 0 aliphatic carbocycles. The van der Waals surface area contributed by atoms with Crippen molar-refractivity contribution in [2.45, 2.75) is 31.4 Å². The molecule has 36 heavy (non-hydrogen) atoms. The molecule has 5 nitrogen and oxygen atoms in total. The minimum atomic E-state index is -0.966. The van der Waals surface area contributed by atoms with Crippen LogP contribution in [0.25, 0.3) is 10.8 Å². The minimum Gasteiger partial charge on any atom is -0.496 e. The Morgan fingerprint density at radius 2 is 1.78 bits per heavy atom. The summed E-state index contributed by atoms with van der Waals surface area (Å²) in [5.74, 6) is 0.518. The summed E-state index contributed by atoms with van der Waals surface area (Å²) in [6.07, 6.45) is 0.714. The van der Waals surface area contributed by atoms with Crippen LogP contribution in [0.1, 0.15) is 52.4 Å². The molecule has 3 atom stereocenters. The number of hydrogen-bond donors (Lipinski definition) is 2. The van der Waals surface area contributed by atoms with Gasteiger partial charge in [-0.3, -0.25) is 0 Å². The van der Waals surface area contributed by atoms with Gasteiger partial charge in [0.2, 0.25) is 0 Å². The molecule has 4 aromatic carbocycles. The number of carbonyl (C=O) groups is 1. The van der Waals surface area contributed by atoms with E-state index in [1.807, 2.05) is 24.3 Å². The highest BCUT2D eigenvalue weighted by molar-refractivity contribution is 5.88. The highest BCUT2D eigenvalue weighted by atomic mass is 35.5. The van der Waals surface area contributed by atoms with E-state index in [2.05, 4.69) is 60.8 Å². The number of methoxy groups -OCH3 is 1. The van der Waals surface area contributed by atoms with Crippen molar-refractivity contribution in [1.29, 1.82) is 0 Å². The van der Waals surface area contributed by atoms with Crippen LogP contribution < -0.4 is 14.8 Å². The summed E-state index contributed by atoms with van der Waals surface area (Å²) in [4.78, 5) is 11.5. The van der Waals surface area contributed by atoms with Gasteiger partial charge in [-0.05, 0) is 47.9 Å². The maximum atomic E-state index is 11.5. The summed E-state index contributed by atoms with van der Waals surface area (Å²) < 4.78 is 12.0. The Balaban J connectivity index is 0.00000304. The highest BCUT2D eigenvalue weighted by Gasteiger charge is 2.31. The van der Waals surface area contributed by atoms with Gasteiger partial charge < -0.3 is 19.9 Å². The van der Waals surface area contributed by atoms with Crippen LogP contribution >= 0.6 is 12.4 Å². The quantitative estimate of drug-likeness (QED) is 0.297. The molecule has 0 amide bonds. The van der Waals surface area contributed by atoms with Crippen LogP contribution in [0.15, 0.2) is 84.9 Å². The number of ether oxygens (including phenoxy) is 2. The van der Waals surface area contributed by atoms with Gasteiger partial charge in [0.05, 0.1) is 12.7 Å². The fourth-order valence-corrected chi connectivity index (χ4v) is 5.09. The molecular formula is C30H30ClNO4. The summed E-state index contributed by atoms with van der Waals surface area (Å²) in [7, 11) is 1.58. The third-order valence-electron chi connectivity index (χ3n) is 6.88. The van der Waals surface area contributed by atoms with E-state index in [1.54, 1.807) is 19.2 Å². The number of hydrogen-bond acceptors (Lipinski definition) is 4. The van der Waals surface area contributed by atoms with E-state index in [0.29, 0.717) is 12.3 Å². The van der Waals surface area contributed by atoms with Crippen molar-refractivity contribution in [3.8, 4) is 11.5 Å². The lowest BCUT2D eigenvalue weighted by Gasteiger charge is -2.34. The number of rotatable bonds is 7. The van der Waals surface area contributed by atoms with Crippen LogP contribution in [-0.4, -0.2) is 30.8 Å². The molecule has 6 heteroatoms. The van der Waals surface area contributed by atoms with Gasteiger partial charge in [-0.25, -0.2) is 4.79 Å². The second-order valence-electron chi connectivity index (χ2n) is 9.03. The molecule has 0 fully saturated rings. The second kappa shape index (κ2) is 11.0. The molecule has 0 saturated carbocycles. The molecular weight excluding hydrogens is 474 g/mol. The third-order valence-corrected chi connectivity index (χ3v) is 6.88. The van der Waals surface area contributed by atoms with Crippen LogP contribution in [0, 0.1) is 0 Å². The summed E-state index contributed by atoms with van der Waals surface area (Å²) in [6.45, 7) is 2.87. The molecule has 0 radical (unpaired) electrons. The predicted octanol–water partition coefficient (Wildman–Crippen LogP) is 6.60. The topological polar surface area (TPSA) is 67.8 Å². The molecule has 1 aliphatic rings. The Morgan fingerprint density at radius 3 is 2.58 bits per heavy atom. The summed E-state index contributed by atoms with van der Waals surface area (Å²) in [5, 5.41) is 15.6. The predicted molar refractivity (Wildman–Crippen MR) is 145 cm³/mol. The lowest BCUT2D eigenvalue weighted by atomic mass is 9.83. The van der Waals surface area contributed by atoms with Gasteiger partial charge >= 0.3 is 5.97 Å². The van der Waals surface area contributed by atoms with Gasteiger partial charge in [-0.1, -0.05) is 66.7 Å². The smallest absolute Gasteiger partial charge is 0.335 e. The van der Waals surface area contributed by atoms with Crippen molar-refractivity contribution in [2.75, 3.05) is 13.7 Å². The summed E-state index contributed by atoms with van der Waals surface area (Å²) >= 11 is 0. The number of aromatic carboxylic acids is 1. The van der Waals surface area contributed by atoms with Crippen molar-refractivity contribution in [2.24, 2.45) is 0 Å². The number of carboxylic acids is 1. The Labute approximate surface area is 217 Å². The molecule has 1 aliphatic heterocycles. The van der Waals surface area contributed by atoms with Crippen LogP contribution in [0.3, 0.4) is 0 Å². The lowest BCUT2D eigenvalue weighted by molar-refractivity contribution is 0.0696. The monoisotopic (exact) mass is 503 g/mol. The first-order valence-electron chi connectivity index (χ1n) is 11.9. The SMILES string of the molecule is COc1cc(C(=O)O)ccc1[C@@H]1C[C@H](CN[C@H](C)c2cccc3ccccc23)Oc2ccccc21.Cl. The van der Waals surface area contributed by atoms with Crippen LogP contribution in [0.2, 0.25) is 0 Å². The molecule has 5 rings (SSSR count). The van der Waals surface area contributed by atoms with Crippen LogP contribution in [0.5, 0.6) is 11.5 Å². The first-order chi connectivity index (χ1) is 17.0. The average Bonchev–Trinajstić information content (AvgIpc) is 2.90. The maximum Gasteiger partial charge on any atom is 0.335 e. The first kappa shape index (κ1) is 25.5. The van der Waals surface area contributed by atoms with Crippen molar-refractivity contribution < 1.29 is 19.4 Å². The zero-order valence-electron chi connectivity index (χ0n) is 20.3.